The lowest BCUT2D eigenvalue weighted by atomic mass is 10.1. The Morgan fingerprint density at radius 3 is 2.72 bits per heavy atom. The van der Waals surface area contributed by atoms with E-state index in [9.17, 15) is 9.59 Å². The van der Waals surface area contributed by atoms with Crippen molar-refractivity contribution in [3.63, 3.8) is 0 Å². The third-order valence-electron chi connectivity index (χ3n) is 2.19. The Labute approximate surface area is 107 Å². The Morgan fingerprint density at radius 1 is 1.33 bits per heavy atom. The van der Waals surface area contributed by atoms with Crippen LogP contribution >= 0.6 is 11.6 Å². The van der Waals surface area contributed by atoms with Crippen molar-refractivity contribution in [1.82, 2.24) is 10.2 Å². The van der Waals surface area contributed by atoms with Crippen LogP contribution in [0.15, 0.2) is 35.1 Å². The van der Waals surface area contributed by atoms with Gasteiger partial charge in [0.05, 0.1) is 10.6 Å². The average molecular weight is 265 g/mol. The largest absolute Gasteiger partial charge is 0.398 e. The molecular weight excluding hydrogens is 256 g/mol. The van der Waals surface area contributed by atoms with Gasteiger partial charge in [-0.05, 0) is 18.2 Å². The molecule has 0 aliphatic carbocycles. The number of hydrogen-bond acceptors (Lipinski definition) is 4. The van der Waals surface area contributed by atoms with Gasteiger partial charge < -0.3 is 11.1 Å². The number of benzene rings is 1. The van der Waals surface area contributed by atoms with Crippen LogP contribution in [0.25, 0.3) is 0 Å². The molecule has 0 radical (unpaired) electrons. The van der Waals surface area contributed by atoms with Gasteiger partial charge in [0.2, 0.25) is 0 Å². The number of nitrogen functional groups attached to an aromatic ring is 1. The molecule has 1 aromatic carbocycles. The molecule has 1 heterocycles. The maximum absolute atomic E-state index is 11.9. The van der Waals surface area contributed by atoms with Crippen molar-refractivity contribution in [3.8, 4) is 0 Å². The standard InChI is InChI=1S/C11H9ClN4O2/c12-6-2-1-3-7(13)10(6)11(18)14-8-4-5-9(17)16-15-8/h1-5H,13H2,(H,16,17)(H,14,15,18). The first-order valence-electron chi connectivity index (χ1n) is 4.99. The number of H-pyrrole nitrogens is 1. The van der Waals surface area contributed by atoms with E-state index in [1.54, 1.807) is 18.2 Å². The number of aromatic amines is 1. The number of nitrogens with zero attached hydrogens (tertiary/aromatic N) is 1. The predicted octanol–water partition coefficient (Wildman–Crippen LogP) is 1.26. The number of nitrogens with two attached hydrogens (primary N) is 1. The Kier molecular flexibility index (Phi) is 3.29. The van der Waals surface area contributed by atoms with Crippen molar-refractivity contribution in [2.75, 3.05) is 11.1 Å². The molecule has 1 aromatic heterocycles. The van der Waals surface area contributed by atoms with Crippen LogP contribution in [-0.4, -0.2) is 16.1 Å². The number of halogens is 1. The summed E-state index contributed by atoms with van der Waals surface area (Å²) in [6.07, 6.45) is 0. The lowest BCUT2D eigenvalue weighted by Gasteiger charge is -2.07. The molecule has 6 nitrogen and oxygen atoms in total. The number of carbonyl (C=O) groups excluding carboxylic acids is 1. The SMILES string of the molecule is Nc1cccc(Cl)c1C(=O)Nc1ccc(=O)[nH]n1. The summed E-state index contributed by atoms with van der Waals surface area (Å²) in [7, 11) is 0. The molecule has 7 heteroatoms. The van der Waals surface area contributed by atoms with Gasteiger partial charge in [-0.25, -0.2) is 5.10 Å². The number of nitrogens with one attached hydrogen (secondary N) is 2. The fraction of sp³-hybridized carbons (Fsp3) is 0. The highest BCUT2D eigenvalue weighted by molar-refractivity contribution is 6.35. The van der Waals surface area contributed by atoms with E-state index >= 15 is 0 Å². The van der Waals surface area contributed by atoms with E-state index in [4.69, 9.17) is 17.3 Å². The normalized spacial score (nSPS) is 10.1. The van der Waals surface area contributed by atoms with Crippen molar-refractivity contribution in [1.29, 1.82) is 0 Å². The van der Waals surface area contributed by atoms with E-state index in [2.05, 4.69) is 15.5 Å². The second-order valence-electron chi connectivity index (χ2n) is 3.46. The van der Waals surface area contributed by atoms with Crippen LogP contribution in [0.3, 0.4) is 0 Å². The van der Waals surface area contributed by atoms with Gasteiger partial charge in [-0.15, -0.1) is 0 Å². The van der Waals surface area contributed by atoms with Gasteiger partial charge in [-0.3, -0.25) is 9.59 Å². The van der Waals surface area contributed by atoms with E-state index in [1.807, 2.05) is 0 Å². The molecule has 1 amide bonds. The molecule has 0 saturated carbocycles. The molecule has 0 unspecified atom stereocenters. The number of anilines is 2. The van der Waals surface area contributed by atoms with Gasteiger partial charge in [-0.2, -0.15) is 5.10 Å². The van der Waals surface area contributed by atoms with E-state index in [0.29, 0.717) is 0 Å². The van der Waals surface area contributed by atoms with Crippen LogP contribution in [0.2, 0.25) is 5.02 Å². The second-order valence-corrected chi connectivity index (χ2v) is 3.87. The summed E-state index contributed by atoms with van der Waals surface area (Å²) < 4.78 is 0. The zero-order chi connectivity index (χ0) is 13.1. The zero-order valence-electron chi connectivity index (χ0n) is 9.11. The van der Waals surface area contributed by atoms with E-state index in [1.165, 1.54) is 12.1 Å². The minimum atomic E-state index is -0.488. The van der Waals surface area contributed by atoms with Crippen LogP contribution in [0.1, 0.15) is 10.4 Å². The summed E-state index contributed by atoms with van der Waals surface area (Å²) >= 11 is 5.90. The molecule has 0 aliphatic heterocycles. The van der Waals surface area contributed by atoms with Crippen molar-refractivity contribution < 1.29 is 4.79 Å². The summed E-state index contributed by atoms with van der Waals surface area (Å²) in [5.74, 6) is -0.281. The fourth-order valence-electron chi connectivity index (χ4n) is 1.37. The maximum Gasteiger partial charge on any atom is 0.264 e. The quantitative estimate of drug-likeness (QED) is 0.711. The second kappa shape index (κ2) is 4.89. The molecular formula is C11H9ClN4O2. The molecule has 0 spiro atoms. The summed E-state index contributed by atoms with van der Waals surface area (Å²) in [5.41, 5.74) is 5.76. The van der Waals surface area contributed by atoms with Crippen LogP contribution in [0.4, 0.5) is 11.5 Å². The minimum Gasteiger partial charge on any atom is -0.398 e. The molecule has 4 N–H and O–H groups in total. The van der Waals surface area contributed by atoms with Crippen LogP contribution < -0.4 is 16.6 Å². The number of carbonyl (C=O) groups is 1. The highest BCUT2D eigenvalue weighted by Gasteiger charge is 2.14. The predicted molar refractivity (Wildman–Crippen MR) is 68.7 cm³/mol. The van der Waals surface area contributed by atoms with Crippen molar-refractivity contribution in [2.24, 2.45) is 0 Å². The Balaban J connectivity index is 2.27. The Morgan fingerprint density at radius 2 is 2.11 bits per heavy atom. The molecule has 0 bridgehead atoms. The topological polar surface area (TPSA) is 101 Å². The minimum absolute atomic E-state index is 0.173. The molecule has 18 heavy (non-hydrogen) atoms. The summed E-state index contributed by atoms with van der Waals surface area (Å²) in [4.78, 5) is 22.7. The molecule has 2 rings (SSSR count). The molecule has 0 saturated heterocycles. The van der Waals surface area contributed by atoms with Gasteiger partial charge in [0.15, 0.2) is 5.82 Å². The number of rotatable bonds is 2. The third-order valence-corrected chi connectivity index (χ3v) is 2.51. The van der Waals surface area contributed by atoms with Crippen LogP contribution in [0.5, 0.6) is 0 Å². The zero-order valence-corrected chi connectivity index (χ0v) is 9.86. The van der Waals surface area contributed by atoms with Crippen LogP contribution in [0, 0.1) is 0 Å². The van der Waals surface area contributed by atoms with Gasteiger partial charge >= 0.3 is 0 Å². The number of amides is 1. The average Bonchev–Trinajstić information content (AvgIpc) is 2.32. The van der Waals surface area contributed by atoms with E-state index < -0.39 is 5.91 Å². The summed E-state index contributed by atoms with van der Waals surface area (Å²) in [6.45, 7) is 0. The fourth-order valence-corrected chi connectivity index (χ4v) is 1.64. The maximum atomic E-state index is 11.9. The Bertz CT molecular complexity index is 613. The van der Waals surface area contributed by atoms with Crippen molar-refractivity contribution in [3.05, 3.63) is 51.3 Å². The van der Waals surface area contributed by atoms with Crippen molar-refractivity contribution >= 4 is 29.0 Å². The van der Waals surface area contributed by atoms with Gasteiger partial charge in [-0.1, -0.05) is 17.7 Å². The summed E-state index contributed by atoms with van der Waals surface area (Å²) in [6, 6.07) is 7.41. The lowest BCUT2D eigenvalue weighted by molar-refractivity contribution is 0.102. The highest BCUT2D eigenvalue weighted by Crippen LogP contribution is 2.22. The van der Waals surface area contributed by atoms with Crippen molar-refractivity contribution in [2.45, 2.75) is 0 Å². The Hall–Kier alpha value is -2.34. The highest BCUT2D eigenvalue weighted by atomic mass is 35.5. The molecule has 0 fully saturated rings. The van der Waals surface area contributed by atoms with E-state index in [-0.39, 0.29) is 27.7 Å². The molecule has 0 atom stereocenters. The van der Waals surface area contributed by atoms with E-state index in [0.717, 1.165) is 0 Å². The molecule has 0 aliphatic rings. The lowest BCUT2D eigenvalue weighted by Crippen LogP contribution is -2.17. The number of aromatic nitrogens is 2. The molecule has 92 valence electrons. The molecule has 2 aromatic rings. The first-order valence-corrected chi connectivity index (χ1v) is 5.37. The van der Waals surface area contributed by atoms with Gasteiger partial charge in [0.1, 0.15) is 0 Å². The van der Waals surface area contributed by atoms with Gasteiger partial charge in [0, 0.05) is 11.8 Å². The summed E-state index contributed by atoms with van der Waals surface area (Å²) in [5, 5.41) is 8.58. The third kappa shape index (κ3) is 2.49. The smallest absolute Gasteiger partial charge is 0.264 e. The van der Waals surface area contributed by atoms with Crippen LogP contribution in [-0.2, 0) is 0 Å². The first kappa shape index (κ1) is 12.1. The first-order chi connectivity index (χ1) is 8.58. The van der Waals surface area contributed by atoms with Gasteiger partial charge in [0.25, 0.3) is 11.5 Å². The monoisotopic (exact) mass is 264 g/mol. The number of hydrogen-bond donors (Lipinski definition) is 3.